The Bertz CT molecular complexity index is 402. The molecular formula is C13H19N3S. The zero-order chi connectivity index (χ0) is 11.3. The second-order valence-electron chi connectivity index (χ2n) is 5.86. The van der Waals surface area contributed by atoms with Gasteiger partial charge in [-0.15, -0.1) is 11.3 Å². The molecule has 1 aromatic rings. The number of thiazole rings is 1. The van der Waals surface area contributed by atoms with E-state index in [2.05, 4.69) is 10.2 Å². The van der Waals surface area contributed by atoms with E-state index < -0.39 is 0 Å². The molecule has 92 valence electrons. The smallest absolute Gasteiger partial charge is 0.185 e. The van der Waals surface area contributed by atoms with Crippen LogP contribution in [0.1, 0.15) is 36.3 Å². The van der Waals surface area contributed by atoms with E-state index in [-0.39, 0.29) is 0 Å². The highest BCUT2D eigenvalue weighted by Crippen LogP contribution is 2.47. The van der Waals surface area contributed by atoms with E-state index in [0.717, 1.165) is 19.5 Å². The van der Waals surface area contributed by atoms with Crippen LogP contribution in [0.5, 0.6) is 0 Å². The van der Waals surface area contributed by atoms with E-state index in [1.165, 1.54) is 54.5 Å². The molecule has 1 aliphatic carbocycles. The number of nitrogens with zero attached hydrogens (tertiary/aromatic N) is 2. The molecule has 3 heterocycles. The quantitative estimate of drug-likeness (QED) is 0.827. The van der Waals surface area contributed by atoms with Crippen molar-refractivity contribution in [2.45, 2.75) is 38.6 Å². The maximum Gasteiger partial charge on any atom is 0.185 e. The maximum atomic E-state index is 4.83. The molecule has 0 amide bonds. The van der Waals surface area contributed by atoms with Crippen LogP contribution in [0.2, 0.25) is 0 Å². The summed E-state index contributed by atoms with van der Waals surface area (Å²) in [5, 5.41) is 4.72. The summed E-state index contributed by atoms with van der Waals surface area (Å²) in [6, 6.07) is 0. The van der Waals surface area contributed by atoms with Crippen molar-refractivity contribution in [2.75, 3.05) is 24.5 Å². The second kappa shape index (κ2) is 3.69. The van der Waals surface area contributed by atoms with Gasteiger partial charge in [0.2, 0.25) is 0 Å². The van der Waals surface area contributed by atoms with E-state index in [4.69, 9.17) is 4.98 Å². The first-order chi connectivity index (χ1) is 8.35. The molecule has 1 saturated carbocycles. The molecule has 1 saturated heterocycles. The topological polar surface area (TPSA) is 28.2 Å². The fourth-order valence-corrected chi connectivity index (χ4v) is 4.66. The highest BCUT2D eigenvalue weighted by Gasteiger charge is 2.45. The van der Waals surface area contributed by atoms with Crippen molar-refractivity contribution in [3.8, 4) is 0 Å². The van der Waals surface area contributed by atoms with E-state index in [9.17, 15) is 0 Å². The van der Waals surface area contributed by atoms with Crippen LogP contribution < -0.4 is 10.2 Å². The van der Waals surface area contributed by atoms with Gasteiger partial charge in [0, 0.05) is 42.9 Å². The van der Waals surface area contributed by atoms with Gasteiger partial charge in [-0.3, -0.25) is 0 Å². The Morgan fingerprint density at radius 3 is 2.82 bits per heavy atom. The number of nitrogens with one attached hydrogen (secondary N) is 1. The monoisotopic (exact) mass is 249 g/mol. The first-order valence-corrected chi connectivity index (χ1v) is 7.61. The van der Waals surface area contributed by atoms with Crippen LogP contribution in [-0.2, 0) is 13.0 Å². The molecule has 1 aromatic heterocycles. The molecule has 0 unspecified atom stereocenters. The molecule has 4 rings (SSSR count). The number of hydrogen-bond donors (Lipinski definition) is 1. The summed E-state index contributed by atoms with van der Waals surface area (Å²) >= 11 is 1.91. The zero-order valence-electron chi connectivity index (χ0n) is 10.2. The zero-order valence-corrected chi connectivity index (χ0v) is 11.0. The fraction of sp³-hybridized carbons (Fsp3) is 0.769. The first-order valence-electron chi connectivity index (χ1n) is 6.79. The standard InChI is InChI=1S/C13H19N3S/c1-2-5-13(4-1)8-16(9-13)12-15-10-3-6-14-7-11(10)17-12/h14H,1-9H2. The summed E-state index contributed by atoms with van der Waals surface area (Å²) in [4.78, 5) is 8.81. The molecule has 2 aliphatic heterocycles. The highest BCUT2D eigenvalue weighted by molar-refractivity contribution is 7.15. The Morgan fingerprint density at radius 2 is 2.06 bits per heavy atom. The molecule has 4 heteroatoms. The van der Waals surface area contributed by atoms with Gasteiger partial charge in [0.25, 0.3) is 0 Å². The second-order valence-corrected chi connectivity index (χ2v) is 6.92. The van der Waals surface area contributed by atoms with Gasteiger partial charge >= 0.3 is 0 Å². The molecule has 3 aliphatic rings. The number of hydrogen-bond acceptors (Lipinski definition) is 4. The summed E-state index contributed by atoms with van der Waals surface area (Å²) < 4.78 is 0. The minimum atomic E-state index is 0.685. The van der Waals surface area contributed by atoms with Gasteiger partial charge < -0.3 is 10.2 Å². The number of fused-ring (bicyclic) bond motifs is 1. The average molecular weight is 249 g/mol. The van der Waals surface area contributed by atoms with Crippen molar-refractivity contribution in [1.29, 1.82) is 0 Å². The van der Waals surface area contributed by atoms with Gasteiger partial charge in [-0.2, -0.15) is 0 Å². The largest absolute Gasteiger partial charge is 0.347 e. The van der Waals surface area contributed by atoms with Crippen LogP contribution in [0.15, 0.2) is 0 Å². The first kappa shape index (κ1) is 10.3. The molecule has 0 radical (unpaired) electrons. The predicted molar refractivity (Wildman–Crippen MR) is 70.6 cm³/mol. The third-order valence-electron chi connectivity index (χ3n) is 4.58. The lowest BCUT2D eigenvalue weighted by molar-refractivity contribution is 0.222. The predicted octanol–water partition coefficient (Wildman–Crippen LogP) is 2.17. The Morgan fingerprint density at radius 1 is 1.24 bits per heavy atom. The van der Waals surface area contributed by atoms with Crippen LogP contribution >= 0.6 is 11.3 Å². The minimum absolute atomic E-state index is 0.685. The SMILES string of the molecule is C1CCC2(C1)CN(c1nc3c(s1)CNCC3)C2. The van der Waals surface area contributed by atoms with Crippen molar-refractivity contribution >= 4 is 16.5 Å². The van der Waals surface area contributed by atoms with Gasteiger partial charge in [-0.25, -0.2) is 4.98 Å². The summed E-state index contributed by atoms with van der Waals surface area (Å²) in [6.07, 6.45) is 6.93. The lowest BCUT2D eigenvalue weighted by atomic mass is 9.79. The van der Waals surface area contributed by atoms with Crippen molar-refractivity contribution in [1.82, 2.24) is 10.3 Å². The van der Waals surface area contributed by atoms with Gasteiger partial charge in [0.05, 0.1) is 5.69 Å². The lowest BCUT2D eigenvalue weighted by Crippen LogP contribution is -2.55. The summed E-state index contributed by atoms with van der Waals surface area (Å²) in [6.45, 7) is 4.67. The average Bonchev–Trinajstić information content (AvgIpc) is 2.93. The number of aromatic nitrogens is 1. The van der Waals surface area contributed by atoms with Crippen molar-refractivity contribution in [3.05, 3.63) is 10.6 Å². The molecule has 2 fully saturated rings. The van der Waals surface area contributed by atoms with E-state index in [1.807, 2.05) is 11.3 Å². The van der Waals surface area contributed by atoms with Crippen LogP contribution in [0.25, 0.3) is 0 Å². The number of rotatable bonds is 1. The van der Waals surface area contributed by atoms with Crippen molar-refractivity contribution in [2.24, 2.45) is 5.41 Å². The third kappa shape index (κ3) is 1.61. The van der Waals surface area contributed by atoms with Gasteiger partial charge in [-0.05, 0) is 12.8 Å². The molecule has 17 heavy (non-hydrogen) atoms. The summed E-state index contributed by atoms with van der Waals surface area (Å²) in [5.41, 5.74) is 2.04. The Kier molecular flexibility index (Phi) is 2.24. The van der Waals surface area contributed by atoms with Gasteiger partial charge in [0.15, 0.2) is 5.13 Å². The third-order valence-corrected chi connectivity index (χ3v) is 5.74. The summed E-state index contributed by atoms with van der Waals surface area (Å²) in [5.74, 6) is 0. The van der Waals surface area contributed by atoms with Gasteiger partial charge in [0.1, 0.15) is 0 Å². The van der Waals surface area contributed by atoms with Crippen molar-refractivity contribution < 1.29 is 0 Å². The molecule has 1 spiro atoms. The summed E-state index contributed by atoms with van der Waals surface area (Å²) in [7, 11) is 0. The molecule has 0 bridgehead atoms. The normalized spacial score (nSPS) is 26.0. The molecular weight excluding hydrogens is 230 g/mol. The van der Waals surface area contributed by atoms with Gasteiger partial charge in [-0.1, -0.05) is 12.8 Å². The van der Waals surface area contributed by atoms with E-state index in [0.29, 0.717) is 5.41 Å². The van der Waals surface area contributed by atoms with Crippen LogP contribution in [0, 0.1) is 5.41 Å². The van der Waals surface area contributed by atoms with E-state index in [1.54, 1.807) is 0 Å². The lowest BCUT2D eigenvalue weighted by Gasteiger charge is -2.48. The van der Waals surface area contributed by atoms with Crippen LogP contribution in [-0.4, -0.2) is 24.6 Å². The Balaban J connectivity index is 1.51. The molecule has 0 aromatic carbocycles. The Labute approximate surface area is 106 Å². The molecule has 3 nitrogen and oxygen atoms in total. The fourth-order valence-electron chi connectivity index (χ4n) is 3.59. The molecule has 1 N–H and O–H groups in total. The molecule has 0 atom stereocenters. The highest BCUT2D eigenvalue weighted by atomic mass is 32.1. The van der Waals surface area contributed by atoms with Crippen LogP contribution in [0.4, 0.5) is 5.13 Å². The maximum absolute atomic E-state index is 4.83. The van der Waals surface area contributed by atoms with Crippen molar-refractivity contribution in [3.63, 3.8) is 0 Å². The Hall–Kier alpha value is -0.610. The van der Waals surface area contributed by atoms with Crippen LogP contribution in [0.3, 0.4) is 0 Å². The minimum Gasteiger partial charge on any atom is -0.347 e. The van der Waals surface area contributed by atoms with E-state index >= 15 is 0 Å². The number of anilines is 1.